The predicted molar refractivity (Wildman–Crippen MR) is 37.9 cm³/mol. The van der Waals surface area contributed by atoms with Crippen molar-refractivity contribution in [3.8, 4) is 0 Å². The summed E-state index contributed by atoms with van der Waals surface area (Å²) in [6.07, 6.45) is 1.37. The van der Waals surface area contributed by atoms with E-state index >= 15 is 0 Å². The third-order valence-electron chi connectivity index (χ3n) is 1.01. The van der Waals surface area contributed by atoms with E-state index in [2.05, 4.69) is 25.1 Å². The van der Waals surface area contributed by atoms with Crippen LogP contribution in [0, 0.1) is 5.92 Å². The van der Waals surface area contributed by atoms with Crippen molar-refractivity contribution in [2.24, 2.45) is 5.92 Å². The summed E-state index contributed by atoms with van der Waals surface area (Å²) in [7, 11) is 0. The van der Waals surface area contributed by atoms with Crippen LogP contribution in [0.15, 0.2) is 0 Å². The molecule has 0 atom stereocenters. The van der Waals surface area contributed by atoms with E-state index in [9.17, 15) is 0 Å². The zero-order valence-electron chi connectivity index (χ0n) is 6.58. The Labute approximate surface area is 65.0 Å². The van der Waals surface area contributed by atoms with E-state index in [-0.39, 0.29) is 0 Å². The predicted octanol–water partition coefficient (Wildman–Crippen LogP) is 2.06. The summed E-state index contributed by atoms with van der Waals surface area (Å²) in [5, 5.41) is 1.36. The van der Waals surface area contributed by atoms with E-state index in [1.54, 1.807) is 0 Å². The first-order chi connectivity index (χ1) is 4.27. The van der Waals surface area contributed by atoms with E-state index < -0.39 is 0 Å². The van der Waals surface area contributed by atoms with E-state index in [0.717, 1.165) is 27.6 Å². The molecule has 0 aromatic carbocycles. The van der Waals surface area contributed by atoms with Gasteiger partial charge in [0.1, 0.15) is 0 Å². The van der Waals surface area contributed by atoms with Gasteiger partial charge in [-0.1, -0.05) is 0 Å². The minimum atomic E-state index is 0.872. The summed E-state index contributed by atoms with van der Waals surface area (Å²) in [6.45, 7) is 7.83. The van der Waals surface area contributed by atoms with Crippen molar-refractivity contribution < 1.29 is 15.2 Å². The summed E-state index contributed by atoms with van der Waals surface area (Å²) < 4.78 is 3.33. The van der Waals surface area contributed by atoms with Crippen LogP contribution in [-0.2, 0) is 15.2 Å². The molecular formula is C7H17MnN. The van der Waals surface area contributed by atoms with Crippen molar-refractivity contribution in [3.63, 3.8) is 0 Å². The molecule has 0 heterocycles. The van der Waals surface area contributed by atoms with Gasteiger partial charge in [-0.25, -0.2) is 0 Å². The van der Waals surface area contributed by atoms with Gasteiger partial charge in [0.25, 0.3) is 0 Å². The number of hydrogen-bond acceptors (Lipinski definition) is 1. The first-order valence-electron chi connectivity index (χ1n) is 3.58. The third-order valence-corrected chi connectivity index (χ3v) is 2.36. The second-order valence-corrected chi connectivity index (χ2v) is 3.92. The Hall–Kier alpha value is 0.479. The van der Waals surface area contributed by atoms with Crippen LogP contribution in [0.4, 0.5) is 0 Å². The summed E-state index contributed by atoms with van der Waals surface area (Å²) in [4.78, 5) is 0. The van der Waals surface area contributed by atoms with Crippen LogP contribution in [0.1, 0.15) is 27.2 Å². The van der Waals surface area contributed by atoms with Crippen LogP contribution in [0.2, 0.25) is 5.32 Å². The SMILES string of the molecule is CC[NH][Mn][CH2]CC(C)C. The quantitative estimate of drug-likeness (QED) is 0.492. The van der Waals surface area contributed by atoms with Crippen molar-refractivity contribution in [1.29, 1.82) is 0 Å². The Kier molecular flexibility index (Phi) is 6.95. The fourth-order valence-electron chi connectivity index (χ4n) is 0.434. The third kappa shape index (κ3) is 8.48. The zero-order valence-corrected chi connectivity index (χ0v) is 7.76. The Bertz CT molecular complexity index is 54.9. The summed E-state index contributed by atoms with van der Waals surface area (Å²) in [5.74, 6) is 0.872. The molecule has 57 valence electrons. The Morgan fingerprint density at radius 2 is 2.11 bits per heavy atom. The molecule has 0 amide bonds. The van der Waals surface area contributed by atoms with Gasteiger partial charge in [-0.05, 0) is 0 Å². The molecule has 0 fully saturated rings. The molecule has 0 aromatic rings. The molecule has 1 N–H and O–H groups in total. The summed E-state index contributed by atoms with van der Waals surface area (Å²) >= 11 is 0.948. The topological polar surface area (TPSA) is 12.0 Å². The molecule has 0 aliphatic heterocycles. The van der Waals surface area contributed by atoms with Crippen molar-refractivity contribution in [2.75, 3.05) is 6.54 Å². The molecule has 0 aliphatic carbocycles. The van der Waals surface area contributed by atoms with Gasteiger partial charge in [-0.3, -0.25) is 0 Å². The summed E-state index contributed by atoms with van der Waals surface area (Å²) in [6, 6.07) is 0. The average Bonchev–Trinajstić information content (AvgIpc) is 1.80. The number of nitrogens with one attached hydrogen (secondary N) is 1. The van der Waals surface area contributed by atoms with Crippen molar-refractivity contribution in [3.05, 3.63) is 0 Å². The van der Waals surface area contributed by atoms with E-state index in [4.69, 9.17) is 0 Å². The van der Waals surface area contributed by atoms with Crippen LogP contribution in [0.5, 0.6) is 0 Å². The molecular weight excluding hydrogens is 153 g/mol. The van der Waals surface area contributed by atoms with Crippen molar-refractivity contribution in [2.45, 2.75) is 32.5 Å². The van der Waals surface area contributed by atoms with Crippen molar-refractivity contribution in [1.82, 2.24) is 4.33 Å². The number of hydrogen-bond donors (Lipinski definition) is 1. The molecule has 0 radical (unpaired) electrons. The van der Waals surface area contributed by atoms with Gasteiger partial charge in [0.2, 0.25) is 0 Å². The molecule has 0 saturated carbocycles. The standard InChI is InChI=1S/C5H11.C2H6N.Mn/c1-4-5(2)3;1-2-3;/h5H,1,4H2,2-3H3;3H,2H2,1H3;/q;-1;+1. The van der Waals surface area contributed by atoms with E-state index in [1.165, 1.54) is 11.7 Å². The van der Waals surface area contributed by atoms with Crippen molar-refractivity contribution >= 4 is 0 Å². The van der Waals surface area contributed by atoms with Gasteiger partial charge in [-0.15, -0.1) is 0 Å². The maximum absolute atomic E-state index is 3.33. The molecule has 1 nitrogen and oxygen atoms in total. The van der Waals surface area contributed by atoms with Gasteiger partial charge < -0.3 is 0 Å². The molecule has 0 rings (SSSR count). The van der Waals surface area contributed by atoms with Crippen LogP contribution >= 0.6 is 0 Å². The first kappa shape index (κ1) is 9.48. The molecule has 2 heteroatoms. The molecule has 0 aromatic heterocycles. The van der Waals surface area contributed by atoms with Crippen LogP contribution in [0.25, 0.3) is 0 Å². The normalized spacial score (nSPS) is 10.7. The van der Waals surface area contributed by atoms with Crippen LogP contribution in [0.3, 0.4) is 0 Å². The second-order valence-electron chi connectivity index (χ2n) is 2.49. The minimum absolute atomic E-state index is 0.872. The Balaban J connectivity index is 2.75. The van der Waals surface area contributed by atoms with Gasteiger partial charge in [0.15, 0.2) is 0 Å². The molecule has 0 unspecified atom stereocenters. The molecule has 9 heavy (non-hydrogen) atoms. The Morgan fingerprint density at radius 3 is 2.56 bits per heavy atom. The van der Waals surface area contributed by atoms with Gasteiger partial charge in [0.05, 0.1) is 0 Å². The molecule has 0 spiro atoms. The Morgan fingerprint density at radius 1 is 1.44 bits per heavy atom. The van der Waals surface area contributed by atoms with E-state index in [1.807, 2.05) is 0 Å². The zero-order chi connectivity index (χ0) is 7.11. The molecule has 0 aliphatic rings. The fourth-order valence-corrected chi connectivity index (χ4v) is 1.79. The first-order valence-corrected chi connectivity index (χ1v) is 5.00. The van der Waals surface area contributed by atoms with E-state index in [0.29, 0.717) is 0 Å². The molecule has 0 bridgehead atoms. The molecule has 0 saturated heterocycles. The van der Waals surface area contributed by atoms with Crippen LogP contribution < -0.4 is 4.33 Å². The maximum atomic E-state index is 3.33. The van der Waals surface area contributed by atoms with Gasteiger partial charge >= 0.3 is 64.5 Å². The summed E-state index contributed by atoms with van der Waals surface area (Å²) in [5.41, 5.74) is 0. The average molecular weight is 170 g/mol. The second kappa shape index (κ2) is 6.60. The number of rotatable bonds is 5. The van der Waals surface area contributed by atoms with Crippen LogP contribution in [-0.4, -0.2) is 6.54 Å². The monoisotopic (exact) mass is 170 g/mol. The van der Waals surface area contributed by atoms with Gasteiger partial charge in [0, 0.05) is 0 Å². The fraction of sp³-hybridized carbons (Fsp3) is 1.00. The van der Waals surface area contributed by atoms with Gasteiger partial charge in [-0.2, -0.15) is 0 Å².